The van der Waals surface area contributed by atoms with E-state index in [0.717, 1.165) is 21.3 Å². The van der Waals surface area contributed by atoms with Crippen LogP contribution in [0.5, 0.6) is 11.5 Å². The molecular formula is C17H23N3O9. The number of carbonyl (C=O) groups excluding carboxylic acids is 4. The van der Waals surface area contributed by atoms with Crippen molar-refractivity contribution in [1.82, 2.24) is 16.0 Å². The molecule has 0 spiro atoms. The first-order valence-electron chi connectivity index (χ1n) is 8.10. The summed E-state index contributed by atoms with van der Waals surface area (Å²) in [6.45, 7) is 0. The summed E-state index contributed by atoms with van der Waals surface area (Å²) in [6, 6.07) is 3.23. The molecule has 0 saturated heterocycles. The van der Waals surface area contributed by atoms with Crippen molar-refractivity contribution >= 4 is 24.1 Å². The smallest absolute Gasteiger partial charge is 0.408 e. The van der Waals surface area contributed by atoms with Crippen LogP contribution < -0.4 is 25.4 Å². The molecule has 1 aromatic rings. The number of hydrogen-bond acceptors (Lipinski definition) is 9. The van der Waals surface area contributed by atoms with Crippen molar-refractivity contribution in [1.29, 1.82) is 0 Å². The predicted octanol–water partition coefficient (Wildman–Crippen LogP) is 0.0722. The van der Waals surface area contributed by atoms with E-state index >= 15 is 0 Å². The lowest BCUT2D eigenvalue weighted by Gasteiger charge is -2.22. The van der Waals surface area contributed by atoms with E-state index in [0.29, 0.717) is 17.1 Å². The number of alkyl carbamates (subject to hydrolysis) is 2. The number of ether oxygens (including phenoxy) is 5. The van der Waals surface area contributed by atoms with Crippen LogP contribution in [0, 0.1) is 0 Å². The van der Waals surface area contributed by atoms with Gasteiger partial charge in [0.05, 0.1) is 35.5 Å². The van der Waals surface area contributed by atoms with Crippen LogP contribution in [0.3, 0.4) is 0 Å². The lowest BCUT2D eigenvalue weighted by molar-refractivity contribution is -0.145. The zero-order valence-electron chi connectivity index (χ0n) is 16.6. The number of methoxy groups -OCH3 is 5. The third kappa shape index (κ3) is 6.45. The van der Waals surface area contributed by atoms with E-state index in [1.807, 2.05) is 0 Å². The topological polar surface area (TPSA) is 151 Å². The standard InChI is InChI=1S/C17H23N3O9/c1-25-10-7-6-9(8-11(10)26-2)12(15(22)27-3)18-14(21)13(19-16(23)28-4)20-17(24)29-5/h6-8,12-13H,1-5H3,(H,18,21)(H,19,23)(H,20,24). The molecule has 0 aliphatic heterocycles. The monoisotopic (exact) mass is 413 g/mol. The Morgan fingerprint density at radius 1 is 0.759 bits per heavy atom. The second kappa shape index (κ2) is 11.2. The number of nitrogens with one attached hydrogen (secondary N) is 3. The molecule has 29 heavy (non-hydrogen) atoms. The molecule has 12 heteroatoms. The van der Waals surface area contributed by atoms with Gasteiger partial charge in [-0.2, -0.15) is 0 Å². The van der Waals surface area contributed by atoms with Crippen LogP contribution in [-0.2, 0) is 23.8 Å². The minimum absolute atomic E-state index is 0.303. The Kier molecular flexibility index (Phi) is 9.02. The third-order valence-electron chi connectivity index (χ3n) is 3.62. The molecule has 1 rings (SSSR count). The summed E-state index contributed by atoms with van der Waals surface area (Å²) in [5.41, 5.74) is 0.303. The number of rotatable bonds is 8. The summed E-state index contributed by atoms with van der Waals surface area (Å²) in [7, 11) is 6.13. The van der Waals surface area contributed by atoms with Gasteiger partial charge in [0.15, 0.2) is 23.7 Å². The fraction of sp³-hybridized carbons (Fsp3) is 0.412. The lowest BCUT2D eigenvalue weighted by atomic mass is 10.1. The van der Waals surface area contributed by atoms with Crippen molar-refractivity contribution in [2.24, 2.45) is 0 Å². The minimum atomic E-state index is -1.60. The Labute approximate surface area is 166 Å². The van der Waals surface area contributed by atoms with Crippen LogP contribution in [0.4, 0.5) is 9.59 Å². The van der Waals surface area contributed by atoms with Crippen LogP contribution >= 0.6 is 0 Å². The Hall–Kier alpha value is -3.70. The minimum Gasteiger partial charge on any atom is -0.493 e. The summed E-state index contributed by atoms with van der Waals surface area (Å²) in [5, 5.41) is 6.59. The van der Waals surface area contributed by atoms with Gasteiger partial charge in [-0.05, 0) is 17.7 Å². The summed E-state index contributed by atoms with van der Waals surface area (Å²) < 4.78 is 23.9. The number of carbonyl (C=O) groups is 4. The molecule has 0 aromatic heterocycles. The molecule has 0 aliphatic carbocycles. The van der Waals surface area contributed by atoms with Crippen LogP contribution in [0.25, 0.3) is 0 Å². The average Bonchev–Trinajstić information content (AvgIpc) is 2.75. The van der Waals surface area contributed by atoms with Crippen LogP contribution in [0.15, 0.2) is 18.2 Å². The molecule has 0 saturated carbocycles. The van der Waals surface area contributed by atoms with E-state index in [4.69, 9.17) is 14.2 Å². The second-order valence-corrected chi connectivity index (χ2v) is 5.28. The molecular weight excluding hydrogens is 390 g/mol. The van der Waals surface area contributed by atoms with E-state index in [2.05, 4.69) is 25.4 Å². The predicted molar refractivity (Wildman–Crippen MR) is 97.3 cm³/mol. The molecule has 1 aromatic carbocycles. The third-order valence-corrected chi connectivity index (χ3v) is 3.62. The molecule has 3 amide bonds. The van der Waals surface area contributed by atoms with Gasteiger partial charge >= 0.3 is 18.2 Å². The van der Waals surface area contributed by atoms with Crippen molar-refractivity contribution < 1.29 is 42.9 Å². The molecule has 160 valence electrons. The van der Waals surface area contributed by atoms with E-state index in [9.17, 15) is 19.2 Å². The molecule has 0 aliphatic rings. The largest absolute Gasteiger partial charge is 0.493 e. The number of amides is 3. The normalized spacial score (nSPS) is 11.0. The highest BCUT2D eigenvalue weighted by Gasteiger charge is 2.30. The van der Waals surface area contributed by atoms with Gasteiger partial charge in [-0.15, -0.1) is 0 Å². The van der Waals surface area contributed by atoms with Crippen molar-refractivity contribution in [3.05, 3.63) is 23.8 Å². The molecule has 12 nitrogen and oxygen atoms in total. The highest BCUT2D eigenvalue weighted by Crippen LogP contribution is 2.30. The number of esters is 1. The quantitative estimate of drug-likeness (QED) is 0.306. The summed E-state index contributed by atoms with van der Waals surface area (Å²) >= 11 is 0. The highest BCUT2D eigenvalue weighted by molar-refractivity contribution is 5.92. The van der Waals surface area contributed by atoms with Crippen LogP contribution in [0.1, 0.15) is 11.6 Å². The summed E-state index contributed by atoms with van der Waals surface area (Å²) in [5.74, 6) is -1.03. The van der Waals surface area contributed by atoms with Crippen molar-refractivity contribution in [2.45, 2.75) is 12.2 Å². The maximum absolute atomic E-state index is 12.6. The maximum Gasteiger partial charge on any atom is 0.408 e. The van der Waals surface area contributed by atoms with Crippen molar-refractivity contribution in [3.63, 3.8) is 0 Å². The van der Waals surface area contributed by atoms with E-state index in [-0.39, 0.29) is 0 Å². The fourth-order valence-electron chi connectivity index (χ4n) is 2.17. The lowest BCUT2D eigenvalue weighted by Crippen LogP contribution is -2.57. The Morgan fingerprint density at radius 3 is 1.76 bits per heavy atom. The average molecular weight is 413 g/mol. The summed E-state index contributed by atoms with van der Waals surface area (Å²) in [4.78, 5) is 47.8. The van der Waals surface area contributed by atoms with Gasteiger partial charge in [0.1, 0.15) is 0 Å². The zero-order valence-corrected chi connectivity index (χ0v) is 16.6. The van der Waals surface area contributed by atoms with Gasteiger partial charge in [0, 0.05) is 0 Å². The zero-order chi connectivity index (χ0) is 22.0. The Bertz CT molecular complexity index is 736. The van der Waals surface area contributed by atoms with Crippen molar-refractivity contribution in [2.75, 3.05) is 35.5 Å². The van der Waals surface area contributed by atoms with Gasteiger partial charge in [0.25, 0.3) is 5.91 Å². The fourth-order valence-corrected chi connectivity index (χ4v) is 2.17. The first kappa shape index (κ1) is 23.3. The van der Waals surface area contributed by atoms with Gasteiger partial charge < -0.3 is 29.0 Å². The Balaban J connectivity index is 3.17. The first-order valence-corrected chi connectivity index (χ1v) is 8.10. The van der Waals surface area contributed by atoms with Gasteiger partial charge in [-0.3, -0.25) is 15.4 Å². The SMILES string of the molecule is COC(=O)NC(NC(=O)OC)C(=O)NC(C(=O)OC)c1ccc(OC)c(OC)c1. The van der Waals surface area contributed by atoms with Gasteiger partial charge in [-0.1, -0.05) is 6.07 Å². The molecule has 0 heterocycles. The summed E-state index contributed by atoms with van der Waals surface area (Å²) in [6.07, 6.45) is -3.59. The first-order chi connectivity index (χ1) is 13.8. The second-order valence-electron chi connectivity index (χ2n) is 5.28. The van der Waals surface area contributed by atoms with E-state index in [1.54, 1.807) is 0 Å². The van der Waals surface area contributed by atoms with Crippen LogP contribution in [-0.4, -0.2) is 65.8 Å². The van der Waals surface area contributed by atoms with E-state index < -0.39 is 36.3 Å². The van der Waals surface area contributed by atoms with Crippen molar-refractivity contribution in [3.8, 4) is 11.5 Å². The van der Waals surface area contributed by atoms with Gasteiger partial charge in [-0.25, -0.2) is 14.4 Å². The molecule has 1 atom stereocenters. The number of benzene rings is 1. The van der Waals surface area contributed by atoms with E-state index in [1.165, 1.54) is 32.4 Å². The van der Waals surface area contributed by atoms with Crippen LogP contribution in [0.2, 0.25) is 0 Å². The maximum atomic E-state index is 12.6. The molecule has 0 radical (unpaired) electrons. The molecule has 0 fully saturated rings. The molecule has 3 N–H and O–H groups in total. The highest BCUT2D eigenvalue weighted by atomic mass is 16.5. The Morgan fingerprint density at radius 2 is 1.31 bits per heavy atom. The number of hydrogen-bond donors (Lipinski definition) is 3. The molecule has 0 bridgehead atoms. The van der Waals surface area contributed by atoms with Gasteiger partial charge in [0.2, 0.25) is 0 Å². The molecule has 1 unspecified atom stereocenters.